The fraction of sp³-hybridized carbons (Fsp3) is 0.350. The number of hydrogen-bond donors (Lipinski definition) is 1. The summed E-state index contributed by atoms with van der Waals surface area (Å²) in [6.45, 7) is 2.46. The van der Waals surface area contributed by atoms with Crippen LogP contribution in [0.4, 0.5) is 5.69 Å². The summed E-state index contributed by atoms with van der Waals surface area (Å²) < 4.78 is 28.2. The third kappa shape index (κ3) is 5.52. The third-order valence-corrected chi connectivity index (χ3v) is 8.33. The van der Waals surface area contributed by atoms with Crippen molar-refractivity contribution in [2.45, 2.75) is 25.5 Å². The number of amides is 1. The van der Waals surface area contributed by atoms with Crippen molar-refractivity contribution in [1.82, 2.24) is 4.31 Å². The Balaban J connectivity index is 1.70. The predicted octanol–water partition coefficient (Wildman–Crippen LogP) is 5.24. The molecule has 0 aliphatic carbocycles. The lowest BCUT2D eigenvalue weighted by atomic mass is 9.98. The maximum atomic E-state index is 12.9. The highest BCUT2D eigenvalue weighted by Gasteiger charge is 2.33. The number of piperidine rings is 1. The van der Waals surface area contributed by atoms with Crippen LogP contribution in [0.1, 0.15) is 24.0 Å². The molecule has 1 atom stereocenters. The molecule has 0 aromatic heterocycles. The molecule has 9 heteroatoms. The number of hydrogen-bond acceptors (Lipinski definition) is 3. The molecule has 1 aliphatic rings. The second-order valence-corrected chi connectivity index (χ2v) is 10.7. The molecular weight excluding hydrogens is 499 g/mol. The number of aryl methyl sites for hydroxylation is 1. The van der Waals surface area contributed by atoms with Crippen LogP contribution >= 0.6 is 39.1 Å². The Morgan fingerprint density at radius 2 is 1.93 bits per heavy atom. The van der Waals surface area contributed by atoms with Crippen LogP contribution in [0.15, 0.2) is 40.9 Å². The van der Waals surface area contributed by atoms with E-state index in [4.69, 9.17) is 23.2 Å². The summed E-state index contributed by atoms with van der Waals surface area (Å²) in [5, 5.41) is 3.53. The quantitative estimate of drug-likeness (QED) is 0.587. The van der Waals surface area contributed by atoms with Gasteiger partial charge in [0.25, 0.3) is 0 Å². The molecule has 0 bridgehead atoms. The minimum atomic E-state index is -3.65. The van der Waals surface area contributed by atoms with Gasteiger partial charge in [0.2, 0.25) is 15.9 Å². The van der Waals surface area contributed by atoms with E-state index in [1.807, 2.05) is 25.1 Å². The van der Waals surface area contributed by atoms with Crippen LogP contribution in [0.5, 0.6) is 0 Å². The Morgan fingerprint density at radius 1 is 1.24 bits per heavy atom. The molecule has 1 aliphatic heterocycles. The summed E-state index contributed by atoms with van der Waals surface area (Å²) in [7, 11) is -3.65. The molecule has 1 unspecified atom stereocenters. The van der Waals surface area contributed by atoms with E-state index in [9.17, 15) is 13.2 Å². The van der Waals surface area contributed by atoms with Crippen molar-refractivity contribution in [2.75, 3.05) is 18.4 Å². The van der Waals surface area contributed by atoms with E-state index in [2.05, 4.69) is 21.2 Å². The summed E-state index contributed by atoms with van der Waals surface area (Å²) in [5.74, 6) is -0.877. The van der Waals surface area contributed by atoms with Gasteiger partial charge in [0.15, 0.2) is 0 Å². The van der Waals surface area contributed by atoms with Gasteiger partial charge in [0, 0.05) is 38.9 Å². The van der Waals surface area contributed by atoms with Gasteiger partial charge in [-0.2, -0.15) is 0 Å². The third-order valence-electron chi connectivity index (χ3n) is 4.96. The lowest BCUT2D eigenvalue weighted by Crippen LogP contribution is -2.44. The van der Waals surface area contributed by atoms with Gasteiger partial charge >= 0.3 is 0 Å². The lowest BCUT2D eigenvalue weighted by Gasteiger charge is -2.31. The number of anilines is 1. The molecule has 156 valence electrons. The molecule has 1 heterocycles. The standard InChI is InChI=1S/C20H21BrCl2N2O3S/c1-13-10-15(7-8-17(13)21)24-20(26)14-4-3-9-25(11-14)29(27,28)12-16-18(22)5-2-6-19(16)23/h2,5-8,10,14H,3-4,9,11-12H2,1H3,(H,24,26). The van der Waals surface area contributed by atoms with Crippen molar-refractivity contribution in [1.29, 1.82) is 0 Å². The van der Waals surface area contributed by atoms with E-state index >= 15 is 0 Å². The van der Waals surface area contributed by atoms with Gasteiger partial charge in [0.05, 0.1) is 11.7 Å². The van der Waals surface area contributed by atoms with E-state index in [1.54, 1.807) is 18.2 Å². The van der Waals surface area contributed by atoms with Crippen LogP contribution in [-0.4, -0.2) is 31.7 Å². The number of halogens is 3. The number of rotatable bonds is 5. The number of carbonyl (C=O) groups is 1. The molecule has 0 saturated carbocycles. The molecule has 2 aromatic carbocycles. The van der Waals surface area contributed by atoms with Crippen LogP contribution in [-0.2, 0) is 20.6 Å². The molecule has 5 nitrogen and oxygen atoms in total. The average Bonchev–Trinajstić information content (AvgIpc) is 2.68. The zero-order valence-electron chi connectivity index (χ0n) is 15.8. The average molecular weight is 520 g/mol. The first-order chi connectivity index (χ1) is 13.7. The van der Waals surface area contributed by atoms with Crippen LogP contribution in [0.25, 0.3) is 0 Å². The zero-order valence-corrected chi connectivity index (χ0v) is 19.7. The number of benzene rings is 2. The van der Waals surface area contributed by atoms with E-state index < -0.39 is 15.9 Å². The molecule has 29 heavy (non-hydrogen) atoms. The number of nitrogens with one attached hydrogen (secondary N) is 1. The van der Waals surface area contributed by atoms with Gasteiger partial charge < -0.3 is 5.32 Å². The molecule has 0 radical (unpaired) electrons. The van der Waals surface area contributed by atoms with Gasteiger partial charge in [0.1, 0.15) is 0 Å². The SMILES string of the molecule is Cc1cc(NC(=O)C2CCCN(S(=O)(=O)Cc3c(Cl)cccc3Cl)C2)ccc1Br. The van der Waals surface area contributed by atoms with Crippen molar-refractivity contribution in [3.63, 3.8) is 0 Å². The summed E-state index contributed by atoms with van der Waals surface area (Å²) in [5.41, 5.74) is 2.08. The molecule has 3 rings (SSSR count). The highest BCUT2D eigenvalue weighted by Crippen LogP contribution is 2.29. The van der Waals surface area contributed by atoms with Crippen molar-refractivity contribution in [3.05, 3.63) is 62.0 Å². The van der Waals surface area contributed by atoms with E-state index in [0.717, 1.165) is 10.0 Å². The van der Waals surface area contributed by atoms with Gasteiger partial charge in [-0.3, -0.25) is 4.79 Å². The molecule has 1 fully saturated rings. The predicted molar refractivity (Wildman–Crippen MR) is 121 cm³/mol. The van der Waals surface area contributed by atoms with Crippen molar-refractivity contribution >= 4 is 60.7 Å². The molecule has 0 spiro atoms. The van der Waals surface area contributed by atoms with Gasteiger partial charge in [-0.25, -0.2) is 12.7 Å². The molecule has 1 N–H and O–H groups in total. The minimum Gasteiger partial charge on any atom is -0.326 e. The molecule has 1 amide bonds. The first-order valence-electron chi connectivity index (χ1n) is 9.15. The van der Waals surface area contributed by atoms with Crippen molar-refractivity contribution < 1.29 is 13.2 Å². The first kappa shape index (κ1) is 22.6. The van der Waals surface area contributed by atoms with Crippen LogP contribution in [0.2, 0.25) is 10.0 Å². The van der Waals surface area contributed by atoms with E-state index in [-0.39, 0.29) is 18.2 Å². The van der Waals surface area contributed by atoms with Crippen LogP contribution in [0.3, 0.4) is 0 Å². The summed E-state index contributed by atoms with van der Waals surface area (Å²) in [6.07, 6.45) is 1.26. The molecule has 2 aromatic rings. The number of carbonyl (C=O) groups excluding carboxylic acids is 1. The number of sulfonamides is 1. The Labute approximate surface area is 189 Å². The Morgan fingerprint density at radius 3 is 2.59 bits per heavy atom. The van der Waals surface area contributed by atoms with Gasteiger partial charge in [-0.1, -0.05) is 45.2 Å². The first-order valence-corrected chi connectivity index (χ1v) is 12.3. The maximum Gasteiger partial charge on any atom is 0.228 e. The Hall–Kier alpha value is -1.12. The monoisotopic (exact) mass is 518 g/mol. The second kappa shape index (κ2) is 9.35. The van der Waals surface area contributed by atoms with E-state index in [0.29, 0.717) is 40.7 Å². The fourth-order valence-corrected chi connectivity index (χ4v) is 5.93. The largest absolute Gasteiger partial charge is 0.326 e. The Kier molecular flexibility index (Phi) is 7.27. The zero-order chi connectivity index (χ0) is 21.2. The second-order valence-electron chi connectivity index (χ2n) is 7.11. The molecular formula is C20H21BrCl2N2O3S. The summed E-state index contributed by atoms with van der Waals surface area (Å²) in [6, 6.07) is 10.5. The maximum absolute atomic E-state index is 12.9. The van der Waals surface area contributed by atoms with Crippen molar-refractivity contribution in [3.8, 4) is 0 Å². The molecule has 1 saturated heterocycles. The van der Waals surface area contributed by atoms with Crippen LogP contribution in [0, 0.1) is 12.8 Å². The topological polar surface area (TPSA) is 66.5 Å². The highest BCUT2D eigenvalue weighted by atomic mass is 79.9. The highest BCUT2D eigenvalue weighted by molar-refractivity contribution is 9.10. The van der Waals surface area contributed by atoms with E-state index in [1.165, 1.54) is 4.31 Å². The summed E-state index contributed by atoms with van der Waals surface area (Å²) in [4.78, 5) is 12.7. The van der Waals surface area contributed by atoms with Crippen molar-refractivity contribution in [2.24, 2.45) is 5.92 Å². The minimum absolute atomic E-state index is 0.145. The number of nitrogens with zero attached hydrogens (tertiary/aromatic N) is 1. The lowest BCUT2D eigenvalue weighted by molar-refractivity contribution is -0.120. The Bertz CT molecular complexity index is 1010. The fourth-order valence-electron chi connectivity index (χ4n) is 3.32. The smallest absolute Gasteiger partial charge is 0.228 e. The van der Waals surface area contributed by atoms with Gasteiger partial charge in [-0.05, 0) is 55.7 Å². The summed E-state index contributed by atoms with van der Waals surface area (Å²) >= 11 is 15.7. The van der Waals surface area contributed by atoms with Gasteiger partial charge in [-0.15, -0.1) is 0 Å². The van der Waals surface area contributed by atoms with Crippen LogP contribution < -0.4 is 5.32 Å². The normalized spacial score (nSPS) is 17.9.